The number of aromatic nitrogens is 2. The number of aliphatic imine (C=N–C) groups is 2. The van der Waals surface area contributed by atoms with Gasteiger partial charge in [0, 0.05) is 18.3 Å². The van der Waals surface area contributed by atoms with Crippen LogP contribution in [0.3, 0.4) is 0 Å². The lowest BCUT2D eigenvalue weighted by Gasteiger charge is -2.08. The zero-order valence-electron chi connectivity index (χ0n) is 13.2. The summed E-state index contributed by atoms with van der Waals surface area (Å²) in [5, 5.41) is 4.39. The highest BCUT2D eigenvalue weighted by Crippen LogP contribution is 2.28. The minimum Gasteiger partial charge on any atom is -0.487 e. The molecule has 8 heteroatoms. The highest BCUT2D eigenvalue weighted by Gasteiger charge is 2.07. The van der Waals surface area contributed by atoms with E-state index in [2.05, 4.69) is 15.1 Å². The molecular formula is C15H21N7O. The molecule has 0 radical (unpaired) electrons. The first-order valence-corrected chi connectivity index (χ1v) is 7.18. The molecule has 2 aromatic rings. The van der Waals surface area contributed by atoms with Crippen LogP contribution in [0.5, 0.6) is 5.75 Å². The molecule has 0 amide bonds. The van der Waals surface area contributed by atoms with E-state index in [0.717, 1.165) is 17.8 Å². The number of rotatable bonds is 5. The lowest BCUT2D eigenvalue weighted by molar-refractivity contribution is 0.306. The third-order valence-corrected chi connectivity index (χ3v) is 3.10. The van der Waals surface area contributed by atoms with Crippen molar-refractivity contribution in [2.75, 3.05) is 0 Å². The van der Waals surface area contributed by atoms with Gasteiger partial charge in [0.2, 0.25) is 5.96 Å². The van der Waals surface area contributed by atoms with Crippen molar-refractivity contribution < 1.29 is 4.74 Å². The highest BCUT2D eigenvalue weighted by atomic mass is 16.5. The maximum atomic E-state index is 5.84. The predicted molar refractivity (Wildman–Crippen MR) is 90.5 cm³/mol. The van der Waals surface area contributed by atoms with E-state index in [1.165, 1.54) is 0 Å². The molecule has 0 aliphatic carbocycles. The van der Waals surface area contributed by atoms with Gasteiger partial charge in [-0.3, -0.25) is 4.68 Å². The van der Waals surface area contributed by atoms with Crippen LogP contribution in [0, 0.1) is 6.92 Å². The second-order valence-corrected chi connectivity index (χ2v) is 4.86. The van der Waals surface area contributed by atoms with Crippen LogP contribution in [-0.2, 0) is 13.2 Å². The summed E-state index contributed by atoms with van der Waals surface area (Å²) in [7, 11) is 0. The van der Waals surface area contributed by atoms with Crippen molar-refractivity contribution in [1.82, 2.24) is 9.78 Å². The average Bonchev–Trinajstić information content (AvgIpc) is 2.86. The third-order valence-electron chi connectivity index (χ3n) is 3.10. The summed E-state index contributed by atoms with van der Waals surface area (Å²) in [6.07, 6.45) is 1.97. The van der Waals surface area contributed by atoms with Crippen molar-refractivity contribution in [3.63, 3.8) is 0 Å². The lowest BCUT2D eigenvalue weighted by Crippen LogP contribution is -2.26. The second kappa shape index (κ2) is 7.30. The number of nitrogens with zero attached hydrogens (tertiary/aromatic N) is 4. The Balaban J connectivity index is 2.17. The summed E-state index contributed by atoms with van der Waals surface area (Å²) >= 11 is 0. The Morgan fingerprint density at radius 1 is 1.26 bits per heavy atom. The Kier molecular flexibility index (Phi) is 5.19. The summed E-state index contributed by atoms with van der Waals surface area (Å²) < 4.78 is 7.71. The summed E-state index contributed by atoms with van der Waals surface area (Å²) in [5.41, 5.74) is 18.7. The number of guanidine groups is 2. The number of nitrogens with two attached hydrogens (primary N) is 3. The molecule has 0 aliphatic rings. The van der Waals surface area contributed by atoms with Gasteiger partial charge in [-0.1, -0.05) is 12.1 Å². The first-order chi connectivity index (χ1) is 11.0. The Hall–Kier alpha value is -3.03. The number of aryl methyl sites for hydroxylation is 2. The summed E-state index contributed by atoms with van der Waals surface area (Å²) in [5.74, 6) is 0.410. The Morgan fingerprint density at radius 2 is 2.00 bits per heavy atom. The maximum Gasteiger partial charge on any atom is 0.223 e. The first-order valence-electron chi connectivity index (χ1n) is 7.18. The highest BCUT2D eigenvalue weighted by molar-refractivity contribution is 5.93. The van der Waals surface area contributed by atoms with E-state index in [-0.39, 0.29) is 11.9 Å². The number of ether oxygens (including phenoxy) is 1. The van der Waals surface area contributed by atoms with Crippen molar-refractivity contribution in [1.29, 1.82) is 0 Å². The average molecular weight is 315 g/mol. The Labute approximate surface area is 134 Å². The molecule has 0 spiro atoms. The normalized spacial score (nSPS) is 11.3. The fourth-order valence-corrected chi connectivity index (χ4v) is 1.97. The van der Waals surface area contributed by atoms with Gasteiger partial charge < -0.3 is 21.9 Å². The van der Waals surface area contributed by atoms with E-state index in [1.54, 1.807) is 12.1 Å². The Bertz CT molecular complexity index is 729. The molecule has 8 nitrogen and oxygen atoms in total. The quantitative estimate of drug-likeness (QED) is 0.560. The first kappa shape index (κ1) is 16.3. The van der Waals surface area contributed by atoms with Gasteiger partial charge in [0.25, 0.3) is 0 Å². The van der Waals surface area contributed by atoms with Crippen LogP contribution in [0.4, 0.5) is 5.69 Å². The predicted octanol–water partition coefficient (Wildman–Crippen LogP) is 1.01. The van der Waals surface area contributed by atoms with E-state index >= 15 is 0 Å². The van der Waals surface area contributed by atoms with Gasteiger partial charge in [-0.2, -0.15) is 10.1 Å². The zero-order chi connectivity index (χ0) is 16.8. The van der Waals surface area contributed by atoms with Crippen molar-refractivity contribution in [3.8, 4) is 5.75 Å². The number of para-hydroxylation sites is 2. The van der Waals surface area contributed by atoms with E-state index in [4.69, 9.17) is 21.9 Å². The molecule has 1 aromatic heterocycles. The van der Waals surface area contributed by atoms with E-state index < -0.39 is 0 Å². The number of hydrogen-bond donors (Lipinski definition) is 3. The van der Waals surface area contributed by atoms with Crippen LogP contribution in [0.15, 0.2) is 40.4 Å². The van der Waals surface area contributed by atoms with Crippen molar-refractivity contribution >= 4 is 17.6 Å². The van der Waals surface area contributed by atoms with Gasteiger partial charge >= 0.3 is 0 Å². The third kappa shape index (κ3) is 4.47. The molecule has 0 bridgehead atoms. The van der Waals surface area contributed by atoms with Crippen molar-refractivity contribution in [2.45, 2.75) is 27.0 Å². The SMILES string of the molecule is CCn1cc(COc2ccccc2N=C(N)N=C(N)N)c(C)n1. The summed E-state index contributed by atoms with van der Waals surface area (Å²) in [6.45, 7) is 5.19. The number of hydrogen-bond acceptors (Lipinski definition) is 3. The smallest absolute Gasteiger partial charge is 0.223 e. The monoisotopic (exact) mass is 315 g/mol. The molecule has 0 saturated heterocycles. The molecule has 1 heterocycles. The molecule has 6 N–H and O–H groups in total. The molecule has 23 heavy (non-hydrogen) atoms. The molecular weight excluding hydrogens is 294 g/mol. The molecule has 0 aliphatic heterocycles. The molecule has 122 valence electrons. The van der Waals surface area contributed by atoms with Crippen LogP contribution < -0.4 is 21.9 Å². The fraction of sp³-hybridized carbons (Fsp3) is 0.267. The van der Waals surface area contributed by atoms with Gasteiger partial charge in [0.15, 0.2) is 5.96 Å². The van der Waals surface area contributed by atoms with Crippen LogP contribution in [0.1, 0.15) is 18.2 Å². The van der Waals surface area contributed by atoms with Gasteiger partial charge in [-0.05, 0) is 26.0 Å². The largest absolute Gasteiger partial charge is 0.487 e. The fourth-order valence-electron chi connectivity index (χ4n) is 1.97. The van der Waals surface area contributed by atoms with Crippen LogP contribution >= 0.6 is 0 Å². The molecule has 0 atom stereocenters. The standard InChI is InChI=1S/C15H21N7O/c1-3-22-8-11(10(2)21-22)9-23-13-7-5-4-6-12(13)19-15(18)20-14(16)17/h4-8H,3,9H2,1-2H3,(H6,16,17,18,19,20). The topological polar surface area (TPSA) is 130 Å². The summed E-state index contributed by atoms with van der Waals surface area (Å²) in [4.78, 5) is 7.85. The molecule has 0 unspecified atom stereocenters. The van der Waals surface area contributed by atoms with Crippen molar-refractivity contribution in [2.24, 2.45) is 27.2 Å². The minimum absolute atomic E-state index is 0.0315. The molecule has 0 saturated carbocycles. The van der Waals surface area contributed by atoms with Gasteiger partial charge in [-0.15, -0.1) is 0 Å². The minimum atomic E-state index is -0.146. The van der Waals surface area contributed by atoms with Gasteiger partial charge in [0.1, 0.15) is 18.0 Å². The van der Waals surface area contributed by atoms with Crippen molar-refractivity contribution in [3.05, 3.63) is 41.7 Å². The van der Waals surface area contributed by atoms with E-state index in [9.17, 15) is 0 Å². The van der Waals surface area contributed by atoms with Gasteiger partial charge in [-0.25, -0.2) is 4.99 Å². The molecule has 2 rings (SSSR count). The zero-order valence-corrected chi connectivity index (χ0v) is 13.2. The van der Waals surface area contributed by atoms with E-state index in [0.29, 0.717) is 18.0 Å². The van der Waals surface area contributed by atoms with Crippen LogP contribution in [0.2, 0.25) is 0 Å². The lowest BCUT2D eigenvalue weighted by atomic mass is 10.2. The number of benzene rings is 1. The van der Waals surface area contributed by atoms with E-state index in [1.807, 2.05) is 36.9 Å². The maximum absolute atomic E-state index is 5.84. The Morgan fingerprint density at radius 3 is 2.65 bits per heavy atom. The van der Waals surface area contributed by atoms with Crippen LogP contribution in [-0.4, -0.2) is 21.7 Å². The van der Waals surface area contributed by atoms with Crippen LogP contribution in [0.25, 0.3) is 0 Å². The molecule has 0 fully saturated rings. The van der Waals surface area contributed by atoms with Gasteiger partial charge in [0.05, 0.1) is 5.69 Å². The summed E-state index contributed by atoms with van der Waals surface area (Å²) in [6, 6.07) is 7.26. The second-order valence-electron chi connectivity index (χ2n) is 4.86. The molecule has 1 aromatic carbocycles.